The van der Waals surface area contributed by atoms with Gasteiger partial charge in [0, 0.05) is 17.7 Å². The zero-order valence-corrected chi connectivity index (χ0v) is 25.6. The van der Waals surface area contributed by atoms with E-state index in [1.54, 1.807) is 18.2 Å². The maximum Gasteiger partial charge on any atom is 0.269 e. The highest BCUT2D eigenvalue weighted by atomic mass is 16.5. The Hall–Kier alpha value is -4.46. The summed E-state index contributed by atoms with van der Waals surface area (Å²) in [7, 11) is 0. The molecule has 4 aromatic rings. The van der Waals surface area contributed by atoms with Crippen molar-refractivity contribution in [2.24, 2.45) is 0 Å². The highest BCUT2D eigenvalue weighted by molar-refractivity contribution is 5.99. The molecule has 7 heteroatoms. The summed E-state index contributed by atoms with van der Waals surface area (Å²) in [6, 6.07) is 31.5. The maximum atomic E-state index is 13.1. The number of nitrogens with one attached hydrogen (secondary N) is 2. The average molecular weight is 590 g/mol. The van der Waals surface area contributed by atoms with Gasteiger partial charge in [-0.05, 0) is 98.2 Å². The summed E-state index contributed by atoms with van der Waals surface area (Å²) in [5.74, 6) is -0.0426. The van der Waals surface area contributed by atoms with Gasteiger partial charge in [0.05, 0.1) is 12.1 Å². The number of hydrogen-bond donors (Lipinski definition) is 2. The molecular weight excluding hydrogens is 550 g/mol. The molecule has 226 valence electrons. The van der Waals surface area contributed by atoms with Crippen LogP contribution in [0.1, 0.15) is 68.8 Å². The number of ether oxygens (including phenoxy) is 2. The van der Waals surface area contributed by atoms with Gasteiger partial charge in [-0.3, -0.25) is 25.3 Å². The summed E-state index contributed by atoms with van der Waals surface area (Å²) in [5, 5.41) is 0. The maximum absolute atomic E-state index is 13.1. The molecule has 0 saturated carbocycles. The molecule has 0 aromatic heterocycles. The van der Waals surface area contributed by atoms with E-state index in [-0.39, 0.29) is 11.4 Å². The molecule has 1 heterocycles. The van der Waals surface area contributed by atoms with E-state index in [0.29, 0.717) is 30.1 Å². The lowest BCUT2D eigenvalue weighted by Gasteiger charge is -2.45. The zero-order valence-electron chi connectivity index (χ0n) is 25.6. The quantitative estimate of drug-likeness (QED) is 0.253. The van der Waals surface area contributed by atoms with Gasteiger partial charge in [0.25, 0.3) is 11.8 Å². The Labute approximate surface area is 259 Å². The molecule has 2 aliphatic rings. The molecule has 6 rings (SSSR count). The summed E-state index contributed by atoms with van der Waals surface area (Å²) in [4.78, 5) is 28.5. The van der Waals surface area contributed by atoms with Crippen LogP contribution >= 0.6 is 0 Å². The highest BCUT2D eigenvalue weighted by Gasteiger charge is 2.52. The molecule has 0 unspecified atom stereocenters. The number of carbonyl (C=O) groups is 2. The Morgan fingerprint density at radius 1 is 0.818 bits per heavy atom. The van der Waals surface area contributed by atoms with Gasteiger partial charge >= 0.3 is 0 Å². The van der Waals surface area contributed by atoms with Gasteiger partial charge in [0.15, 0.2) is 0 Å². The first-order valence-corrected chi connectivity index (χ1v) is 15.2. The van der Waals surface area contributed by atoms with Crippen LogP contribution < -0.4 is 15.6 Å². The highest BCUT2D eigenvalue weighted by Crippen LogP contribution is 2.44. The first kappa shape index (κ1) is 29.6. The first-order chi connectivity index (χ1) is 21.2. The first-order valence-electron chi connectivity index (χ1n) is 15.2. The van der Waals surface area contributed by atoms with E-state index < -0.39 is 11.6 Å². The Kier molecular flexibility index (Phi) is 8.25. The van der Waals surface area contributed by atoms with Crippen molar-refractivity contribution in [3.63, 3.8) is 0 Å². The molecule has 1 aliphatic heterocycles. The van der Waals surface area contributed by atoms with Crippen molar-refractivity contribution < 1.29 is 19.1 Å². The van der Waals surface area contributed by atoms with Gasteiger partial charge < -0.3 is 9.47 Å². The molecule has 2 N–H and O–H groups in total. The summed E-state index contributed by atoms with van der Waals surface area (Å²) in [6.45, 7) is 8.07. The van der Waals surface area contributed by atoms with Crippen LogP contribution in [0.3, 0.4) is 0 Å². The van der Waals surface area contributed by atoms with Crippen molar-refractivity contribution in [1.29, 1.82) is 0 Å². The molecule has 44 heavy (non-hydrogen) atoms. The van der Waals surface area contributed by atoms with Gasteiger partial charge in [-0.2, -0.15) is 0 Å². The number of fused-ring (bicyclic) bond motifs is 1. The van der Waals surface area contributed by atoms with Gasteiger partial charge in [0.2, 0.25) is 0 Å². The van der Waals surface area contributed by atoms with Crippen LogP contribution in [-0.4, -0.2) is 34.6 Å². The van der Waals surface area contributed by atoms with Crippen LogP contribution in [-0.2, 0) is 30.7 Å². The third-order valence-corrected chi connectivity index (χ3v) is 8.91. The molecule has 7 nitrogen and oxygen atoms in total. The topological polar surface area (TPSA) is 79.9 Å². The van der Waals surface area contributed by atoms with E-state index in [0.717, 1.165) is 42.5 Å². The molecule has 1 spiro atoms. The molecule has 1 fully saturated rings. The zero-order chi connectivity index (χ0) is 30.7. The Bertz CT molecular complexity index is 1650. The van der Waals surface area contributed by atoms with E-state index in [1.807, 2.05) is 61.5 Å². The van der Waals surface area contributed by atoms with Crippen LogP contribution in [0.5, 0.6) is 5.75 Å². The lowest BCUT2D eigenvalue weighted by molar-refractivity contribution is -0.0673. The number of hydrogen-bond acceptors (Lipinski definition) is 5. The van der Waals surface area contributed by atoms with Crippen LogP contribution in [0.15, 0.2) is 97.1 Å². The number of amides is 2. The number of carbonyl (C=O) groups excluding carboxylic acids is 2. The van der Waals surface area contributed by atoms with E-state index in [9.17, 15) is 9.59 Å². The summed E-state index contributed by atoms with van der Waals surface area (Å²) < 4.78 is 12.3. The van der Waals surface area contributed by atoms with Crippen molar-refractivity contribution in [2.45, 2.75) is 64.4 Å². The Morgan fingerprint density at radius 2 is 1.45 bits per heavy atom. The fourth-order valence-electron chi connectivity index (χ4n) is 6.45. The number of aryl methyl sites for hydroxylation is 2. The second-order valence-corrected chi connectivity index (χ2v) is 12.4. The van der Waals surface area contributed by atoms with Crippen molar-refractivity contribution in [3.05, 3.63) is 136 Å². The Morgan fingerprint density at radius 3 is 2.14 bits per heavy atom. The van der Waals surface area contributed by atoms with Crippen LogP contribution in [0, 0.1) is 6.92 Å². The molecule has 0 radical (unpaired) electrons. The predicted molar refractivity (Wildman–Crippen MR) is 170 cm³/mol. The second-order valence-electron chi connectivity index (χ2n) is 12.4. The van der Waals surface area contributed by atoms with Crippen molar-refractivity contribution in [2.75, 3.05) is 6.61 Å². The lowest BCUT2D eigenvalue weighted by Crippen LogP contribution is -2.54. The van der Waals surface area contributed by atoms with Gasteiger partial charge in [-0.25, -0.2) is 0 Å². The summed E-state index contributed by atoms with van der Waals surface area (Å²) in [5.41, 5.74) is 11.1. The van der Waals surface area contributed by atoms with Crippen molar-refractivity contribution in [1.82, 2.24) is 15.8 Å². The monoisotopic (exact) mass is 589 g/mol. The van der Waals surface area contributed by atoms with Gasteiger partial charge in [-0.15, -0.1) is 0 Å². The van der Waals surface area contributed by atoms with Crippen LogP contribution in [0.25, 0.3) is 0 Å². The van der Waals surface area contributed by atoms with Gasteiger partial charge in [0.1, 0.15) is 18.1 Å². The van der Waals surface area contributed by atoms with Gasteiger partial charge in [-0.1, -0.05) is 66.7 Å². The van der Waals surface area contributed by atoms with Crippen molar-refractivity contribution in [3.8, 4) is 5.75 Å². The molecule has 1 atom stereocenters. The molecule has 1 saturated heterocycles. The lowest BCUT2D eigenvalue weighted by atomic mass is 9.76. The largest absolute Gasteiger partial charge is 0.489 e. The smallest absolute Gasteiger partial charge is 0.269 e. The summed E-state index contributed by atoms with van der Waals surface area (Å²) >= 11 is 0. The minimum absolute atomic E-state index is 0.148. The SMILES string of the molecule is Cc1cc(C(=O)NNC(=O)c2ccc3c(c2)C[C@@]2(CC3)COC(C)(C)N2Cc2ccccc2)ccc1OCc1ccccc1. The van der Waals surface area contributed by atoms with E-state index in [4.69, 9.17) is 9.47 Å². The van der Waals surface area contributed by atoms with Crippen LogP contribution in [0.4, 0.5) is 0 Å². The minimum atomic E-state index is -0.394. The normalized spacial score (nSPS) is 18.9. The molecule has 1 aliphatic carbocycles. The molecule has 2 amide bonds. The number of nitrogens with zero attached hydrogens (tertiary/aromatic N) is 1. The fourth-order valence-corrected chi connectivity index (χ4v) is 6.45. The minimum Gasteiger partial charge on any atom is -0.489 e. The number of hydrazine groups is 1. The number of rotatable bonds is 7. The second kappa shape index (κ2) is 12.3. The predicted octanol–water partition coefficient (Wildman–Crippen LogP) is 6.14. The third-order valence-electron chi connectivity index (χ3n) is 8.91. The molecule has 4 aromatic carbocycles. The van der Waals surface area contributed by atoms with E-state index in [2.05, 4.69) is 53.9 Å². The summed E-state index contributed by atoms with van der Waals surface area (Å²) in [6.07, 6.45) is 2.71. The van der Waals surface area contributed by atoms with E-state index in [1.165, 1.54) is 11.1 Å². The van der Waals surface area contributed by atoms with Crippen LogP contribution in [0.2, 0.25) is 0 Å². The third kappa shape index (κ3) is 6.25. The number of benzene rings is 4. The Balaban J connectivity index is 1.10. The fraction of sp³-hybridized carbons (Fsp3) is 0.297. The average Bonchev–Trinajstić information content (AvgIpc) is 3.28. The molecular formula is C37H39N3O4. The van der Waals surface area contributed by atoms with E-state index >= 15 is 0 Å². The molecule has 0 bridgehead atoms. The standard InChI is InChI=1S/C37H39N3O4/c1-26-20-30(16-17-33(26)43-24-28-12-8-5-9-13-28)34(41)38-39-35(42)31-15-14-29-18-19-37(22-32(29)21-31)25-44-36(2,3)40(37)23-27-10-6-4-7-11-27/h4-17,20-21H,18-19,22-25H2,1-3H3,(H,38,41)(H,39,42)/t37-/m0/s1. The van der Waals surface area contributed by atoms with Crippen molar-refractivity contribution >= 4 is 11.8 Å².